The van der Waals surface area contributed by atoms with Crippen LogP contribution in [0.3, 0.4) is 0 Å². The maximum Gasteiger partial charge on any atom is 0.317 e. The molecule has 1 N–H and O–H groups in total. The van der Waals surface area contributed by atoms with Crippen molar-refractivity contribution in [2.45, 2.75) is 26.1 Å². The molecule has 1 heterocycles. The highest BCUT2D eigenvalue weighted by atomic mass is 35.5. The fourth-order valence-electron chi connectivity index (χ4n) is 1.60. The maximum atomic E-state index is 10.4. The number of rotatable bonds is 2. The second kappa shape index (κ2) is 5.42. The van der Waals surface area contributed by atoms with E-state index in [9.17, 15) is 4.79 Å². The van der Waals surface area contributed by atoms with Gasteiger partial charge in [-0.2, -0.15) is 0 Å². The Morgan fingerprint density at radius 2 is 1.92 bits per heavy atom. The number of ether oxygens (including phenoxy) is 1. The topological polar surface area (TPSA) is 49.8 Å². The smallest absolute Gasteiger partial charge is 0.317 e. The largest absolute Gasteiger partial charge is 0.480 e. The van der Waals surface area contributed by atoms with E-state index >= 15 is 0 Å². The Kier molecular flexibility index (Phi) is 5.29. The fourth-order valence-corrected chi connectivity index (χ4v) is 1.60. The number of hydrogen-bond acceptors (Lipinski definition) is 3. The highest BCUT2D eigenvalue weighted by molar-refractivity contribution is 5.85. The number of halogens is 1. The molecule has 0 aromatic heterocycles. The van der Waals surface area contributed by atoms with Gasteiger partial charge in [-0.3, -0.25) is 9.69 Å². The van der Waals surface area contributed by atoms with E-state index in [1.165, 1.54) is 0 Å². The normalized spacial score (nSPS) is 29.4. The van der Waals surface area contributed by atoms with Crippen LogP contribution in [0.5, 0.6) is 0 Å². The standard InChI is InChI=1S/C8H15NO3.ClH/c1-6-3-9(5-8(10)11)4-7(2)12-6;/h6-7H,3-5H2,1-2H3,(H,10,11);1H/t6-,7+;. The van der Waals surface area contributed by atoms with Crippen molar-refractivity contribution in [1.82, 2.24) is 4.90 Å². The van der Waals surface area contributed by atoms with E-state index < -0.39 is 5.97 Å². The first kappa shape index (κ1) is 12.7. The van der Waals surface area contributed by atoms with Crippen molar-refractivity contribution in [3.63, 3.8) is 0 Å². The minimum Gasteiger partial charge on any atom is -0.480 e. The molecule has 78 valence electrons. The van der Waals surface area contributed by atoms with Crippen LogP contribution in [0.25, 0.3) is 0 Å². The van der Waals surface area contributed by atoms with Gasteiger partial charge in [0.2, 0.25) is 0 Å². The van der Waals surface area contributed by atoms with Gasteiger partial charge in [0, 0.05) is 13.1 Å². The molecule has 0 aromatic rings. The van der Waals surface area contributed by atoms with E-state index in [2.05, 4.69) is 0 Å². The summed E-state index contributed by atoms with van der Waals surface area (Å²) in [6.45, 7) is 5.49. The molecule has 0 spiro atoms. The van der Waals surface area contributed by atoms with Gasteiger partial charge in [0.25, 0.3) is 0 Å². The van der Waals surface area contributed by atoms with Crippen LogP contribution in [0.4, 0.5) is 0 Å². The van der Waals surface area contributed by atoms with Crippen molar-refractivity contribution in [2.75, 3.05) is 19.6 Å². The molecule has 1 aliphatic heterocycles. The number of carbonyl (C=O) groups is 1. The molecule has 0 amide bonds. The van der Waals surface area contributed by atoms with E-state index in [0.717, 1.165) is 13.1 Å². The van der Waals surface area contributed by atoms with Crippen LogP contribution in [-0.4, -0.2) is 47.8 Å². The van der Waals surface area contributed by atoms with Crippen molar-refractivity contribution in [3.8, 4) is 0 Å². The summed E-state index contributed by atoms with van der Waals surface area (Å²) in [7, 11) is 0. The van der Waals surface area contributed by atoms with Crippen LogP contribution in [0.1, 0.15) is 13.8 Å². The average Bonchev–Trinajstić information content (AvgIpc) is 1.81. The predicted molar refractivity (Wildman–Crippen MR) is 51.3 cm³/mol. The summed E-state index contributed by atoms with van der Waals surface area (Å²) in [6.07, 6.45) is 0.293. The first-order valence-electron chi connectivity index (χ1n) is 4.17. The van der Waals surface area contributed by atoms with Gasteiger partial charge in [-0.05, 0) is 13.8 Å². The molecule has 1 saturated heterocycles. The van der Waals surface area contributed by atoms with Crippen molar-refractivity contribution in [2.24, 2.45) is 0 Å². The molecule has 1 aliphatic rings. The molecule has 1 rings (SSSR count). The molecule has 0 radical (unpaired) electrons. The zero-order valence-corrected chi connectivity index (χ0v) is 8.71. The number of morpholine rings is 1. The number of aliphatic carboxylic acids is 1. The highest BCUT2D eigenvalue weighted by Gasteiger charge is 2.23. The van der Waals surface area contributed by atoms with Gasteiger partial charge in [0.15, 0.2) is 0 Å². The number of carboxylic acid groups (broad SMARTS) is 1. The molecule has 13 heavy (non-hydrogen) atoms. The number of hydrogen-bond donors (Lipinski definition) is 1. The monoisotopic (exact) mass is 209 g/mol. The molecule has 2 atom stereocenters. The third-order valence-corrected chi connectivity index (χ3v) is 1.85. The van der Waals surface area contributed by atoms with E-state index in [1.807, 2.05) is 18.7 Å². The molecule has 0 saturated carbocycles. The zero-order valence-electron chi connectivity index (χ0n) is 7.90. The molecule has 4 nitrogen and oxygen atoms in total. The van der Waals surface area contributed by atoms with Crippen molar-refractivity contribution < 1.29 is 14.6 Å². The first-order chi connectivity index (χ1) is 5.58. The lowest BCUT2D eigenvalue weighted by atomic mass is 10.2. The van der Waals surface area contributed by atoms with Gasteiger partial charge in [-0.25, -0.2) is 0 Å². The van der Waals surface area contributed by atoms with Crippen LogP contribution in [0.2, 0.25) is 0 Å². The van der Waals surface area contributed by atoms with Gasteiger partial charge in [0.1, 0.15) is 0 Å². The predicted octanol–water partition coefficient (Wildman–Crippen LogP) is 0.602. The molecule has 0 aromatic carbocycles. The second-order valence-electron chi connectivity index (χ2n) is 3.35. The molecular weight excluding hydrogens is 194 g/mol. The van der Waals surface area contributed by atoms with Crippen LogP contribution in [0, 0.1) is 0 Å². The zero-order chi connectivity index (χ0) is 9.14. The van der Waals surface area contributed by atoms with Crippen LogP contribution in [-0.2, 0) is 9.53 Å². The lowest BCUT2D eigenvalue weighted by Gasteiger charge is -2.34. The summed E-state index contributed by atoms with van der Waals surface area (Å²) < 4.78 is 5.46. The van der Waals surface area contributed by atoms with Gasteiger partial charge in [-0.15, -0.1) is 12.4 Å². The van der Waals surface area contributed by atoms with Gasteiger partial charge in [0.05, 0.1) is 18.8 Å². The Balaban J connectivity index is 0.00000144. The van der Waals surface area contributed by atoms with Crippen LogP contribution >= 0.6 is 12.4 Å². The quantitative estimate of drug-likeness (QED) is 0.724. The summed E-state index contributed by atoms with van der Waals surface area (Å²) >= 11 is 0. The molecule has 0 bridgehead atoms. The second-order valence-corrected chi connectivity index (χ2v) is 3.35. The summed E-state index contributed by atoms with van der Waals surface area (Å²) in [5.74, 6) is -0.767. The van der Waals surface area contributed by atoms with Gasteiger partial charge in [-0.1, -0.05) is 0 Å². The number of carboxylic acids is 1. The summed E-state index contributed by atoms with van der Waals surface area (Å²) in [5.41, 5.74) is 0. The van der Waals surface area contributed by atoms with E-state index in [1.54, 1.807) is 0 Å². The molecule has 0 unspecified atom stereocenters. The van der Waals surface area contributed by atoms with Gasteiger partial charge >= 0.3 is 5.97 Å². The maximum absolute atomic E-state index is 10.4. The molecular formula is C8H16ClNO3. The van der Waals surface area contributed by atoms with E-state index in [0.29, 0.717) is 0 Å². The Hall–Kier alpha value is -0.320. The summed E-state index contributed by atoms with van der Waals surface area (Å²) in [5, 5.41) is 8.56. The molecule has 0 aliphatic carbocycles. The molecule has 5 heteroatoms. The average molecular weight is 210 g/mol. The minimum absolute atomic E-state index is 0. The lowest BCUT2D eigenvalue weighted by Crippen LogP contribution is -2.47. The Bertz CT molecular complexity index is 167. The summed E-state index contributed by atoms with van der Waals surface area (Å²) in [6, 6.07) is 0. The van der Waals surface area contributed by atoms with Crippen molar-refractivity contribution in [1.29, 1.82) is 0 Å². The third kappa shape index (κ3) is 4.45. The molecule has 1 fully saturated rings. The van der Waals surface area contributed by atoms with Crippen LogP contribution in [0.15, 0.2) is 0 Å². The van der Waals surface area contributed by atoms with Crippen molar-refractivity contribution >= 4 is 18.4 Å². The third-order valence-electron chi connectivity index (χ3n) is 1.85. The Morgan fingerprint density at radius 1 is 1.46 bits per heavy atom. The van der Waals surface area contributed by atoms with E-state index in [-0.39, 0.29) is 31.2 Å². The first-order valence-corrected chi connectivity index (χ1v) is 4.17. The highest BCUT2D eigenvalue weighted by Crippen LogP contribution is 2.09. The Labute approximate surface area is 84.3 Å². The van der Waals surface area contributed by atoms with Crippen molar-refractivity contribution in [3.05, 3.63) is 0 Å². The van der Waals surface area contributed by atoms with Crippen LogP contribution < -0.4 is 0 Å². The summed E-state index contributed by atoms with van der Waals surface area (Å²) in [4.78, 5) is 12.3. The SMILES string of the molecule is C[C@@H]1CN(CC(=O)O)C[C@H](C)O1.Cl. The Morgan fingerprint density at radius 3 is 2.31 bits per heavy atom. The fraction of sp³-hybridized carbons (Fsp3) is 0.875. The minimum atomic E-state index is -0.767. The number of nitrogens with zero attached hydrogens (tertiary/aromatic N) is 1. The lowest BCUT2D eigenvalue weighted by molar-refractivity contribution is -0.141. The van der Waals surface area contributed by atoms with Gasteiger partial charge < -0.3 is 9.84 Å². The van der Waals surface area contributed by atoms with E-state index in [4.69, 9.17) is 9.84 Å².